The Kier molecular flexibility index (Phi) is 9.76. The van der Waals surface area contributed by atoms with E-state index in [2.05, 4.69) is 43.5 Å². The van der Waals surface area contributed by atoms with E-state index in [1.807, 2.05) is 78.9 Å². The van der Waals surface area contributed by atoms with Gasteiger partial charge in [-0.3, -0.25) is 9.78 Å². The predicted octanol–water partition coefficient (Wildman–Crippen LogP) is 6.85. The molecule has 48 heavy (non-hydrogen) atoms. The fourth-order valence-corrected chi connectivity index (χ4v) is 6.40. The standard InChI is InChI=1S/C38H33N5O4S/c44-23-25-9-11-28(12-10-25)35-20-31(24-48-38-39-17-4-18-40-38)46-37(47-35)29-15-13-27(14-16-29)30-6-3-5-26(19-30)21-42-36(45)34-22-41-32-7-1-2-8-33(32)43-34/h1-19,22,31,35,37,44H,20-21,23-24H2,(H,42,45)/t31-,35+,37+/m0/s1. The van der Waals surface area contributed by atoms with Crippen LogP contribution in [-0.4, -0.2) is 42.8 Å². The van der Waals surface area contributed by atoms with Crippen molar-refractivity contribution >= 4 is 28.7 Å². The van der Waals surface area contributed by atoms with Crippen LogP contribution in [0, 0.1) is 0 Å². The lowest BCUT2D eigenvalue weighted by Gasteiger charge is -2.36. The highest BCUT2D eigenvalue weighted by Gasteiger charge is 2.32. The highest BCUT2D eigenvalue weighted by atomic mass is 32.2. The summed E-state index contributed by atoms with van der Waals surface area (Å²) in [5, 5.41) is 13.2. The van der Waals surface area contributed by atoms with E-state index >= 15 is 0 Å². The Balaban J connectivity index is 1.03. The van der Waals surface area contributed by atoms with Gasteiger partial charge in [0.15, 0.2) is 11.4 Å². The molecule has 6 aromatic rings. The maximum absolute atomic E-state index is 12.8. The number of aromatic nitrogens is 4. The topological polar surface area (TPSA) is 119 Å². The summed E-state index contributed by atoms with van der Waals surface area (Å²) in [6, 6.07) is 33.4. The number of ether oxygens (including phenoxy) is 2. The molecule has 9 nitrogen and oxygen atoms in total. The van der Waals surface area contributed by atoms with E-state index in [1.54, 1.807) is 30.2 Å². The molecule has 7 rings (SSSR count). The number of aliphatic hydroxyl groups is 1. The minimum absolute atomic E-state index is 0.00170. The third-order valence-corrected chi connectivity index (χ3v) is 9.14. The average Bonchev–Trinajstić information content (AvgIpc) is 3.16. The first kappa shape index (κ1) is 31.6. The maximum atomic E-state index is 12.8. The van der Waals surface area contributed by atoms with Crippen molar-refractivity contribution in [3.8, 4) is 11.1 Å². The molecule has 0 spiro atoms. The van der Waals surface area contributed by atoms with Gasteiger partial charge in [0.2, 0.25) is 0 Å². The number of rotatable bonds is 10. The lowest BCUT2D eigenvalue weighted by atomic mass is 9.99. The van der Waals surface area contributed by atoms with Crippen molar-refractivity contribution in [2.45, 2.75) is 43.2 Å². The number of thioether (sulfide) groups is 1. The van der Waals surface area contributed by atoms with Gasteiger partial charge in [0, 0.05) is 36.7 Å². The number of aliphatic hydroxyl groups excluding tert-OH is 1. The van der Waals surface area contributed by atoms with E-state index in [0.717, 1.165) is 38.9 Å². The van der Waals surface area contributed by atoms with Crippen LogP contribution in [0.4, 0.5) is 0 Å². The Morgan fingerprint density at radius 3 is 2.35 bits per heavy atom. The van der Waals surface area contributed by atoms with Crippen LogP contribution in [0.15, 0.2) is 127 Å². The molecule has 240 valence electrons. The van der Waals surface area contributed by atoms with Crippen molar-refractivity contribution in [1.29, 1.82) is 0 Å². The smallest absolute Gasteiger partial charge is 0.271 e. The molecule has 0 unspecified atom stereocenters. The maximum Gasteiger partial charge on any atom is 0.271 e. The Labute approximate surface area is 282 Å². The summed E-state index contributed by atoms with van der Waals surface area (Å²) >= 11 is 1.56. The average molecular weight is 656 g/mol. The molecule has 1 aliphatic rings. The minimum Gasteiger partial charge on any atom is -0.392 e. The number of hydrogen-bond acceptors (Lipinski definition) is 9. The normalized spacial score (nSPS) is 17.6. The fourth-order valence-electron chi connectivity index (χ4n) is 5.58. The van der Waals surface area contributed by atoms with Crippen molar-refractivity contribution in [2.75, 3.05) is 5.75 Å². The van der Waals surface area contributed by atoms with Gasteiger partial charge in [-0.05, 0) is 52.1 Å². The third kappa shape index (κ3) is 7.58. The first-order chi connectivity index (χ1) is 23.6. The van der Waals surface area contributed by atoms with Gasteiger partial charge in [-0.2, -0.15) is 0 Å². The molecule has 0 bridgehead atoms. The fraction of sp³-hybridized carbons (Fsp3) is 0.184. The molecule has 0 aliphatic carbocycles. The molecule has 1 amide bonds. The molecule has 0 radical (unpaired) electrons. The number of carbonyl (C=O) groups is 1. The van der Waals surface area contributed by atoms with Crippen LogP contribution in [0.25, 0.3) is 22.2 Å². The molecule has 2 N–H and O–H groups in total. The number of nitrogens with zero attached hydrogens (tertiary/aromatic N) is 4. The van der Waals surface area contributed by atoms with E-state index in [4.69, 9.17) is 9.47 Å². The summed E-state index contributed by atoms with van der Waals surface area (Å²) in [4.78, 5) is 30.3. The Morgan fingerprint density at radius 1 is 0.792 bits per heavy atom. The summed E-state index contributed by atoms with van der Waals surface area (Å²) in [6.45, 7) is 0.357. The van der Waals surface area contributed by atoms with Crippen molar-refractivity contribution in [3.63, 3.8) is 0 Å². The van der Waals surface area contributed by atoms with Crippen LogP contribution in [0.3, 0.4) is 0 Å². The van der Waals surface area contributed by atoms with Gasteiger partial charge >= 0.3 is 0 Å². The van der Waals surface area contributed by atoms with Gasteiger partial charge in [0.1, 0.15) is 5.69 Å². The van der Waals surface area contributed by atoms with E-state index in [0.29, 0.717) is 29.4 Å². The predicted molar refractivity (Wildman–Crippen MR) is 184 cm³/mol. The molecular weight excluding hydrogens is 623 g/mol. The number of amides is 1. The van der Waals surface area contributed by atoms with Crippen LogP contribution < -0.4 is 5.32 Å². The quantitative estimate of drug-likeness (QED) is 0.121. The second-order valence-electron chi connectivity index (χ2n) is 11.4. The number of hydrogen-bond donors (Lipinski definition) is 2. The van der Waals surface area contributed by atoms with Gasteiger partial charge in [0.25, 0.3) is 5.91 Å². The lowest BCUT2D eigenvalue weighted by Crippen LogP contribution is -2.31. The van der Waals surface area contributed by atoms with Gasteiger partial charge in [-0.25, -0.2) is 15.0 Å². The number of carbonyl (C=O) groups excluding carboxylic acids is 1. The molecule has 1 saturated heterocycles. The number of fused-ring (bicyclic) bond motifs is 1. The van der Waals surface area contributed by atoms with E-state index in [1.165, 1.54) is 6.20 Å². The van der Waals surface area contributed by atoms with Crippen molar-refractivity contribution in [1.82, 2.24) is 25.3 Å². The first-order valence-corrected chi connectivity index (χ1v) is 16.7. The summed E-state index contributed by atoms with van der Waals surface area (Å²) in [5.74, 6) is 0.412. The van der Waals surface area contributed by atoms with Gasteiger partial charge in [0.05, 0.1) is 36.0 Å². The van der Waals surface area contributed by atoms with Crippen LogP contribution in [0.1, 0.15) is 51.6 Å². The molecule has 3 atom stereocenters. The van der Waals surface area contributed by atoms with Gasteiger partial charge in [-0.1, -0.05) is 90.6 Å². The second-order valence-corrected chi connectivity index (χ2v) is 12.4. The Hall–Kier alpha value is -5.00. The zero-order valence-corrected chi connectivity index (χ0v) is 26.8. The first-order valence-electron chi connectivity index (χ1n) is 15.7. The summed E-state index contributed by atoms with van der Waals surface area (Å²) in [6.07, 6.45) is 4.84. The molecule has 2 aromatic heterocycles. The summed E-state index contributed by atoms with van der Waals surface area (Å²) in [7, 11) is 0. The highest BCUT2D eigenvalue weighted by molar-refractivity contribution is 7.99. The van der Waals surface area contributed by atoms with Crippen LogP contribution in [-0.2, 0) is 22.6 Å². The highest BCUT2D eigenvalue weighted by Crippen LogP contribution is 2.39. The molecule has 1 aliphatic heterocycles. The van der Waals surface area contributed by atoms with E-state index in [9.17, 15) is 9.90 Å². The largest absolute Gasteiger partial charge is 0.392 e. The number of para-hydroxylation sites is 2. The van der Waals surface area contributed by atoms with Crippen molar-refractivity contribution in [3.05, 3.63) is 150 Å². The van der Waals surface area contributed by atoms with E-state index in [-0.39, 0.29) is 30.4 Å². The Morgan fingerprint density at radius 2 is 1.56 bits per heavy atom. The van der Waals surface area contributed by atoms with Crippen LogP contribution >= 0.6 is 11.8 Å². The molecule has 1 fully saturated rings. The van der Waals surface area contributed by atoms with Crippen LogP contribution in [0.5, 0.6) is 0 Å². The third-order valence-electron chi connectivity index (χ3n) is 8.13. The SMILES string of the molecule is O=C(NCc1cccc(-c2ccc([C@@H]3O[C@H](CSc4ncccn4)C[C@H](c4ccc(CO)cc4)O3)cc2)c1)c1cnc2ccccc2n1. The van der Waals surface area contributed by atoms with Gasteiger partial charge in [-0.15, -0.1) is 0 Å². The zero-order chi connectivity index (χ0) is 32.7. The summed E-state index contributed by atoms with van der Waals surface area (Å²) < 4.78 is 13.0. The molecule has 4 aromatic carbocycles. The summed E-state index contributed by atoms with van der Waals surface area (Å²) in [5.41, 5.74) is 7.57. The van der Waals surface area contributed by atoms with Gasteiger partial charge < -0.3 is 19.9 Å². The number of nitrogens with one attached hydrogen (secondary N) is 1. The molecular formula is C38H33N5O4S. The lowest BCUT2D eigenvalue weighted by molar-refractivity contribution is -0.245. The van der Waals surface area contributed by atoms with Crippen molar-refractivity contribution < 1.29 is 19.4 Å². The second kappa shape index (κ2) is 14.8. The molecule has 3 heterocycles. The molecule has 0 saturated carbocycles. The monoisotopic (exact) mass is 655 g/mol. The molecule has 10 heteroatoms. The minimum atomic E-state index is -0.558. The van der Waals surface area contributed by atoms with Crippen molar-refractivity contribution in [2.24, 2.45) is 0 Å². The van der Waals surface area contributed by atoms with E-state index < -0.39 is 6.29 Å². The zero-order valence-electron chi connectivity index (χ0n) is 26.0. The Bertz CT molecular complexity index is 1990. The van der Waals surface area contributed by atoms with Crippen LogP contribution in [0.2, 0.25) is 0 Å². The number of benzene rings is 4.